The van der Waals surface area contributed by atoms with Crippen LogP contribution in [0.4, 0.5) is 0 Å². The topological polar surface area (TPSA) is 32.8 Å². The molecule has 0 unspecified atom stereocenters. The van der Waals surface area contributed by atoms with Crippen LogP contribution in [0.1, 0.15) is 66.2 Å². The maximum atomic E-state index is 12.1. The van der Waals surface area contributed by atoms with Crippen LogP contribution in [0.2, 0.25) is 0 Å². The molecule has 4 nitrogen and oxygen atoms in total. The zero-order chi connectivity index (χ0) is 17.5. The quantitative estimate of drug-likeness (QED) is 0.712. The third kappa shape index (κ3) is 6.36. The van der Waals surface area contributed by atoms with Crippen molar-refractivity contribution in [1.29, 1.82) is 0 Å². The number of hydrogen-bond donors (Lipinski definition) is 0. The summed E-state index contributed by atoms with van der Waals surface area (Å²) in [6, 6.07) is 0.701. The fraction of sp³-hybridized carbons (Fsp3) is 0.950. The molecule has 0 spiro atoms. The van der Waals surface area contributed by atoms with Gasteiger partial charge in [-0.2, -0.15) is 0 Å². The van der Waals surface area contributed by atoms with Gasteiger partial charge in [0, 0.05) is 19.1 Å². The van der Waals surface area contributed by atoms with Crippen LogP contribution in [-0.4, -0.2) is 60.6 Å². The highest BCUT2D eigenvalue weighted by Crippen LogP contribution is 2.28. The van der Waals surface area contributed by atoms with Crippen LogP contribution in [-0.2, 0) is 9.53 Å². The number of ether oxygens (including phenoxy) is 1. The molecule has 0 aromatic heterocycles. The largest absolute Gasteiger partial charge is 0.369 e. The molecule has 0 aromatic rings. The lowest BCUT2D eigenvalue weighted by molar-refractivity contribution is -0.139. The summed E-state index contributed by atoms with van der Waals surface area (Å²) in [6.07, 6.45) is 7.99. The van der Waals surface area contributed by atoms with Gasteiger partial charge in [-0.1, -0.05) is 12.8 Å². The van der Waals surface area contributed by atoms with E-state index >= 15 is 0 Å². The molecule has 24 heavy (non-hydrogen) atoms. The summed E-state index contributed by atoms with van der Waals surface area (Å²) >= 11 is 0. The Bertz CT molecular complexity index is 368. The number of likely N-dealkylation sites (tertiary alicyclic amines) is 2. The van der Waals surface area contributed by atoms with Gasteiger partial charge in [-0.3, -0.25) is 4.79 Å². The fourth-order valence-corrected chi connectivity index (χ4v) is 4.03. The van der Waals surface area contributed by atoms with E-state index in [-0.39, 0.29) is 18.6 Å². The maximum absolute atomic E-state index is 12.1. The van der Waals surface area contributed by atoms with Crippen LogP contribution < -0.4 is 0 Å². The van der Waals surface area contributed by atoms with Gasteiger partial charge in [0.2, 0.25) is 5.91 Å². The second-order valence-electron chi connectivity index (χ2n) is 8.33. The van der Waals surface area contributed by atoms with Crippen molar-refractivity contribution >= 4 is 5.91 Å². The van der Waals surface area contributed by atoms with Crippen molar-refractivity contribution < 1.29 is 9.53 Å². The normalized spacial score (nSPS) is 21.8. The predicted octanol–water partition coefficient (Wildman–Crippen LogP) is 3.55. The van der Waals surface area contributed by atoms with E-state index in [0.717, 1.165) is 24.9 Å². The van der Waals surface area contributed by atoms with Crippen LogP contribution in [0.25, 0.3) is 0 Å². The highest BCUT2D eigenvalue weighted by molar-refractivity contribution is 5.77. The zero-order valence-corrected chi connectivity index (χ0v) is 16.3. The second kappa shape index (κ2) is 9.76. The standard InChI is InChI=1S/C20H38N2O2/c1-16(2)21-11-7-18(8-12-21)5-6-19-9-13-22(14-10-19)20(23)15-24-17(3)4/h16-19H,5-15H2,1-4H3. The second-order valence-corrected chi connectivity index (χ2v) is 8.33. The third-order valence-corrected chi connectivity index (χ3v) is 5.87. The molecule has 1 amide bonds. The number of rotatable bonds is 7. The van der Waals surface area contributed by atoms with Crippen LogP contribution in [0.15, 0.2) is 0 Å². The van der Waals surface area contributed by atoms with Gasteiger partial charge in [0.05, 0.1) is 6.10 Å². The minimum Gasteiger partial charge on any atom is -0.369 e. The van der Waals surface area contributed by atoms with Gasteiger partial charge >= 0.3 is 0 Å². The van der Waals surface area contributed by atoms with Gasteiger partial charge in [-0.05, 0) is 78.3 Å². The summed E-state index contributed by atoms with van der Waals surface area (Å²) in [4.78, 5) is 16.7. The Hall–Kier alpha value is -0.610. The summed E-state index contributed by atoms with van der Waals surface area (Å²) in [5.41, 5.74) is 0. The van der Waals surface area contributed by atoms with E-state index in [2.05, 4.69) is 18.7 Å². The smallest absolute Gasteiger partial charge is 0.248 e. The van der Waals surface area contributed by atoms with Gasteiger partial charge in [0.1, 0.15) is 6.61 Å². The molecule has 0 bridgehead atoms. The average molecular weight is 339 g/mol. The number of nitrogens with zero attached hydrogens (tertiary/aromatic N) is 2. The van der Waals surface area contributed by atoms with Crippen molar-refractivity contribution in [3.05, 3.63) is 0 Å². The Kier molecular flexibility index (Phi) is 8.02. The van der Waals surface area contributed by atoms with Crippen LogP contribution in [0.5, 0.6) is 0 Å². The molecule has 2 aliphatic rings. The molecule has 2 aliphatic heterocycles. The molecule has 0 saturated carbocycles. The molecule has 4 heteroatoms. The molecule has 0 N–H and O–H groups in total. The van der Waals surface area contributed by atoms with Crippen molar-refractivity contribution in [2.24, 2.45) is 11.8 Å². The van der Waals surface area contributed by atoms with Gasteiger partial charge in [-0.15, -0.1) is 0 Å². The van der Waals surface area contributed by atoms with E-state index in [1.165, 1.54) is 51.6 Å². The molecule has 140 valence electrons. The van der Waals surface area contributed by atoms with Crippen LogP contribution in [0, 0.1) is 11.8 Å². The summed E-state index contributed by atoms with van der Waals surface area (Å²) in [7, 11) is 0. The number of amides is 1. The molecule has 2 saturated heterocycles. The Morgan fingerprint density at radius 2 is 1.42 bits per heavy atom. The molecule has 2 rings (SSSR count). The van der Waals surface area contributed by atoms with Crippen molar-refractivity contribution in [3.63, 3.8) is 0 Å². The molecule has 2 heterocycles. The average Bonchev–Trinajstić information content (AvgIpc) is 2.58. The summed E-state index contributed by atoms with van der Waals surface area (Å²) < 4.78 is 5.44. The summed E-state index contributed by atoms with van der Waals surface area (Å²) in [5.74, 6) is 1.92. The minimum atomic E-state index is 0.133. The van der Waals surface area contributed by atoms with Gasteiger partial charge in [0.25, 0.3) is 0 Å². The summed E-state index contributed by atoms with van der Waals surface area (Å²) in [5, 5.41) is 0. The first kappa shape index (κ1) is 19.7. The number of carbonyl (C=O) groups excluding carboxylic acids is 1. The number of carbonyl (C=O) groups is 1. The molecule has 0 aromatic carbocycles. The van der Waals surface area contributed by atoms with Gasteiger partial charge in [-0.25, -0.2) is 0 Å². The van der Waals surface area contributed by atoms with E-state index in [1.54, 1.807) is 0 Å². The first-order valence-corrected chi connectivity index (χ1v) is 10.1. The number of piperidine rings is 2. The highest BCUT2D eigenvalue weighted by Gasteiger charge is 2.25. The summed E-state index contributed by atoms with van der Waals surface area (Å²) in [6.45, 7) is 13.2. The van der Waals surface area contributed by atoms with E-state index < -0.39 is 0 Å². The lowest BCUT2D eigenvalue weighted by atomic mass is 9.85. The third-order valence-electron chi connectivity index (χ3n) is 5.87. The first-order valence-electron chi connectivity index (χ1n) is 10.1. The Balaban J connectivity index is 1.59. The monoisotopic (exact) mass is 338 g/mol. The fourth-order valence-electron chi connectivity index (χ4n) is 4.03. The van der Waals surface area contributed by atoms with E-state index in [1.807, 2.05) is 18.7 Å². The maximum Gasteiger partial charge on any atom is 0.248 e. The molecule has 0 radical (unpaired) electrons. The van der Waals surface area contributed by atoms with Crippen LogP contribution in [0.3, 0.4) is 0 Å². The van der Waals surface area contributed by atoms with E-state index in [9.17, 15) is 4.79 Å². The Morgan fingerprint density at radius 3 is 1.88 bits per heavy atom. The van der Waals surface area contributed by atoms with Crippen molar-refractivity contribution in [2.75, 3.05) is 32.8 Å². The van der Waals surface area contributed by atoms with Crippen molar-refractivity contribution in [3.8, 4) is 0 Å². The first-order chi connectivity index (χ1) is 11.5. The van der Waals surface area contributed by atoms with E-state index in [4.69, 9.17) is 4.74 Å². The zero-order valence-electron chi connectivity index (χ0n) is 16.3. The van der Waals surface area contributed by atoms with E-state index in [0.29, 0.717) is 6.04 Å². The highest BCUT2D eigenvalue weighted by atomic mass is 16.5. The van der Waals surface area contributed by atoms with Crippen LogP contribution >= 0.6 is 0 Å². The van der Waals surface area contributed by atoms with Gasteiger partial charge in [0.15, 0.2) is 0 Å². The number of hydrogen-bond acceptors (Lipinski definition) is 3. The predicted molar refractivity (Wildman–Crippen MR) is 99.1 cm³/mol. The molecule has 0 aliphatic carbocycles. The van der Waals surface area contributed by atoms with Gasteiger partial charge < -0.3 is 14.5 Å². The molecular weight excluding hydrogens is 300 g/mol. The Labute approximate surface area is 148 Å². The van der Waals surface area contributed by atoms with Crippen molar-refractivity contribution in [1.82, 2.24) is 9.80 Å². The molecule has 2 fully saturated rings. The SMILES string of the molecule is CC(C)OCC(=O)N1CCC(CCC2CCN(C(C)C)CC2)CC1. The minimum absolute atomic E-state index is 0.133. The lowest BCUT2D eigenvalue weighted by Crippen LogP contribution is -2.41. The van der Waals surface area contributed by atoms with Crippen molar-refractivity contribution in [2.45, 2.75) is 78.4 Å². The Morgan fingerprint density at radius 1 is 0.917 bits per heavy atom. The molecular formula is C20H38N2O2. The lowest BCUT2D eigenvalue weighted by Gasteiger charge is -2.36. The molecule has 0 atom stereocenters.